The van der Waals surface area contributed by atoms with E-state index in [0.29, 0.717) is 29.8 Å². The molecule has 5 heteroatoms. The summed E-state index contributed by atoms with van der Waals surface area (Å²) in [6.07, 6.45) is 6.70. The molecule has 23 heavy (non-hydrogen) atoms. The molecule has 1 saturated carbocycles. The average molecular weight is 334 g/mol. The lowest BCUT2D eigenvalue weighted by Crippen LogP contribution is -2.41. The van der Waals surface area contributed by atoms with Crippen LogP contribution in [0.1, 0.15) is 44.1 Å². The minimum Gasteiger partial charge on any atom is -0.335 e. The lowest BCUT2D eigenvalue weighted by molar-refractivity contribution is -0.133. The van der Waals surface area contributed by atoms with Crippen molar-refractivity contribution in [2.24, 2.45) is 5.41 Å². The highest BCUT2D eigenvalue weighted by Crippen LogP contribution is 2.56. The van der Waals surface area contributed by atoms with E-state index in [1.165, 1.54) is 31.2 Å². The number of hydrogen-bond acceptors (Lipinski definition) is 4. The van der Waals surface area contributed by atoms with Crippen molar-refractivity contribution in [3.63, 3.8) is 0 Å². The predicted octanol–water partition coefficient (Wildman–Crippen LogP) is 2.36. The third kappa shape index (κ3) is 3.32. The van der Waals surface area contributed by atoms with Gasteiger partial charge in [0.25, 0.3) is 0 Å². The van der Waals surface area contributed by atoms with Crippen LogP contribution in [0.2, 0.25) is 0 Å². The van der Waals surface area contributed by atoms with Gasteiger partial charge < -0.3 is 15.5 Å². The summed E-state index contributed by atoms with van der Waals surface area (Å²) in [5, 5.41) is 11.2. The summed E-state index contributed by atoms with van der Waals surface area (Å²) < 4.78 is 0. The minimum atomic E-state index is 0.357. The maximum absolute atomic E-state index is 13.0. The van der Waals surface area contributed by atoms with Crippen molar-refractivity contribution in [3.05, 3.63) is 22.4 Å². The van der Waals surface area contributed by atoms with Crippen LogP contribution < -0.4 is 10.6 Å². The molecule has 0 aromatic carbocycles. The average Bonchev–Trinajstić information content (AvgIpc) is 2.99. The second kappa shape index (κ2) is 6.54. The fraction of sp³-hybridized carbons (Fsp3) is 0.722. The zero-order valence-electron chi connectivity index (χ0n) is 13.7. The van der Waals surface area contributed by atoms with Gasteiger partial charge in [0.05, 0.1) is 0 Å². The second-order valence-corrected chi connectivity index (χ2v) is 8.26. The first-order valence-electron chi connectivity index (χ1n) is 9.01. The first kappa shape index (κ1) is 15.6. The van der Waals surface area contributed by atoms with Crippen molar-refractivity contribution in [2.75, 3.05) is 19.6 Å². The first-order valence-corrected chi connectivity index (χ1v) is 9.96. The van der Waals surface area contributed by atoms with Gasteiger partial charge in [-0.05, 0) is 79.5 Å². The van der Waals surface area contributed by atoms with Crippen molar-refractivity contribution in [2.45, 2.75) is 57.2 Å². The second-order valence-electron chi connectivity index (χ2n) is 7.48. The Bertz CT molecular complexity index is 532. The number of hydrogen-bond donors (Lipinski definition) is 2. The Hall–Kier alpha value is -0.910. The fourth-order valence-electron chi connectivity index (χ4n) is 4.44. The number of carbonyl (C=O) groups is 1. The predicted molar refractivity (Wildman–Crippen MR) is 93.5 cm³/mol. The van der Waals surface area contributed by atoms with Crippen molar-refractivity contribution >= 4 is 17.2 Å². The monoisotopic (exact) mass is 333 g/mol. The van der Waals surface area contributed by atoms with Gasteiger partial charge in [-0.3, -0.25) is 4.79 Å². The zero-order valence-corrected chi connectivity index (χ0v) is 14.5. The summed E-state index contributed by atoms with van der Waals surface area (Å²) >= 11 is 1.73. The highest BCUT2D eigenvalue weighted by molar-refractivity contribution is 7.07. The molecule has 2 N–H and O–H groups in total. The summed E-state index contributed by atoms with van der Waals surface area (Å²) in [6, 6.07) is 3.03. The third-order valence-corrected chi connectivity index (χ3v) is 6.69. The lowest BCUT2D eigenvalue weighted by Gasteiger charge is -2.30. The number of amides is 1. The maximum Gasteiger partial charge on any atom is 0.224 e. The first-order chi connectivity index (χ1) is 11.3. The van der Waals surface area contributed by atoms with Crippen LogP contribution in [0.25, 0.3) is 0 Å². The van der Waals surface area contributed by atoms with E-state index in [-0.39, 0.29) is 0 Å². The summed E-state index contributed by atoms with van der Waals surface area (Å²) in [6.45, 7) is 4.10. The molecule has 1 aliphatic carbocycles. The minimum absolute atomic E-state index is 0.357. The van der Waals surface area contributed by atoms with Gasteiger partial charge >= 0.3 is 0 Å². The molecule has 2 atom stereocenters. The highest BCUT2D eigenvalue weighted by Gasteiger charge is 2.57. The van der Waals surface area contributed by atoms with Crippen LogP contribution in [-0.4, -0.2) is 42.5 Å². The Morgan fingerprint density at radius 2 is 2.22 bits per heavy atom. The molecule has 0 unspecified atom stereocenters. The van der Waals surface area contributed by atoms with Gasteiger partial charge in [0.15, 0.2) is 0 Å². The molecular weight excluding hydrogens is 306 g/mol. The molecule has 1 spiro atoms. The van der Waals surface area contributed by atoms with Crippen LogP contribution in [0.3, 0.4) is 0 Å². The number of thiophene rings is 1. The molecule has 1 aromatic rings. The zero-order chi connectivity index (χ0) is 15.7. The fourth-order valence-corrected chi connectivity index (χ4v) is 5.10. The normalized spacial score (nSPS) is 28.9. The van der Waals surface area contributed by atoms with Crippen molar-refractivity contribution in [1.29, 1.82) is 0 Å². The number of piperidine rings is 1. The highest BCUT2D eigenvalue weighted by atomic mass is 32.1. The van der Waals surface area contributed by atoms with Crippen LogP contribution in [-0.2, 0) is 11.3 Å². The molecule has 0 radical (unpaired) electrons. The van der Waals surface area contributed by atoms with E-state index in [9.17, 15) is 4.79 Å². The van der Waals surface area contributed by atoms with E-state index in [1.807, 2.05) is 0 Å². The number of nitrogens with zero attached hydrogens (tertiary/aromatic N) is 1. The van der Waals surface area contributed by atoms with Crippen molar-refractivity contribution < 1.29 is 4.79 Å². The summed E-state index contributed by atoms with van der Waals surface area (Å²) in [4.78, 5) is 15.2. The van der Waals surface area contributed by atoms with Gasteiger partial charge in [-0.15, -0.1) is 0 Å². The van der Waals surface area contributed by atoms with Gasteiger partial charge in [-0.25, -0.2) is 0 Å². The summed E-state index contributed by atoms with van der Waals surface area (Å²) in [7, 11) is 0. The molecule has 3 aliphatic rings. The van der Waals surface area contributed by atoms with E-state index >= 15 is 0 Å². The molecule has 4 rings (SSSR count). The van der Waals surface area contributed by atoms with E-state index in [4.69, 9.17) is 0 Å². The van der Waals surface area contributed by atoms with Crippen LogP contribution in [0.5, 0.6) is 0 Å². The SMILES string of the molecule is O=C(C[C@H]1CCCN1)N(Cc1ccsc1)[C@H]1CC12CCNCC2. The van der Waals surface area contributed by atoms with Crippen LogP contribution in [0.4, 0.5) is 0 Å². The van der Waals surface area contributed by atoms with Gasteiger partial charge in [0, 0.05) is 25.0 Å². The quantitative estimate of drug-likeness (QED) is 0.869. The molecule has 2 saturated heterocycles. The smallest absolute Gasteiger partial charge is 0.224 e. The van der Waals surface area contributed by atoms with Crippen molar-refractivity contribution in [1.82, 2.24) is 15.5 Å². The lowest BCUT2D eigenvalue weighted by atomic mass is 9.93. The Balaban J connectivity index is 1.46. The van der Waals surface area contributed by atoms with Gasteiger partial charge in [0.2, 0.25) is 5.91 Å². The van der Waals surface area contributed by atoms with Gasteiger partial charge in [-0.2, -0.15) is 11.3 Å². The molecule has 0 bridgehead atoms. The molecule has 4 nitrogen and oxygen atoms in total. The molecule has 2 aliphatic heterocycles. The number of nitrogens with one attached hydrogen (secondary N) is 2. The van der Waals surface area contributed by atoms with Crippen LogP contribution in [0, 0.1) is 5.41 Å². The Morgan fingerprint density at radius 3 is 2.91 bits per heavy atom. The topological polar surface area (TPSA) is 44.4 Å². The standard InChI is InChI=1S/C18H27N3OS/c22-17(10-15-2-1-6-20-15)21(12-14-3-9-23-13-14)16-11-18(16)4-7-19-8-5-18/h3,9,13,15-16,19-20H,1-2,4-8,10-12H2/t15-,16+/m1/s1. The van der Waals surface area contributed by atoms with Gasteiger partial charge in [0.1, 0.15) is 0 Å². The van der Waals surface area contributed by atoms with E-state index < -0.39 is 0 Å². The van der Waals surface area contributed by atoms with Crippen LogP contribution >= 0.6 is 11.3 Å². The largest absolute Gasteiger partial charge is 0.335 e. The molecule has 1 aromatic heterocycles. The van der Waals surface area contributed by atoms with E-state index in [2.05, 4.69) is 32.4 Å². The number of rotatable bonds is 5. The van der Waals surface area contributed by atoms with Gasteiger partial charge in [-0.1, -0.05) is 0 Å². The number of carbonyl (C=O) groups excluding carboxylic acids is 1. The Kier molecular flexibility index (Phi) is 4.43. The maximum atomic E-state index is 13.0. The van der Waals surface area contributed by atoms with Crippen molar-refractivity contribution in [3.8, 4) is 0 Å². The molecule has 1 amide bonds. The molecule has 3 heterocycles. The molecule has 3 fully saturated rings. The van der Waals surface area contributed by atoms with Crippen LogP contribution in [0.15, 0.2) is 16.8 Å². The summed E-state index contributed by atoms with van der Waals surface area (Å²) in [5.74, 6) is 0.357. The van der Waals surface area contributed by atoms with E-state index in [1.54, 1.807) is 11.3 Å². The Labute approximate surface area is 142 Å². The molecule has 126 valence electrons. The third-order valence-electron chi connectivity index (χ3n) is 5.96. The summed E-state index contributed by atoms with van der Waals surface area (Å²) in [5.41, 5.74) is 1.71. The Morgan fingerprint density at radius 1 is 1.35 bits per heavy atom. The van der Waals surface area contributed by atoms with E-state index in [0.717, 1.165) is 32.6 Å². The molecular formula is C18H27N3OS.